The monoisotopic (exact) mass is 239 g/mol. The highest BCUT2D eigenvalue weighted by Gasteiger charge is 2.38. The van der Waals surface area contributed by atoms with Crippen molar-refractivity contribution in [3.05, 3.63) is 36.1 Å². The number of aliphatic hydroxyl groups excluding tert-OH is 2. The molecule has 0 spiro atoms. The molecule has 5 nitrogen and oxygen atoms in total. The molecular weight excluding hydrogens is 231 g/mol. The van der Waals surface area contributed by atoms with Gasteiger partial charge in [0, 0.05) is 6.20 Å². The zero-order valence-electron chi connectivity index (χ0n) is 7.69. The fraction of sp³-hybridized carbons (Fsp3) is 0.125. The minimum absolute atomic E-state index is 0.153. The van der Waals surface area contributed by atoms with Crippen LogP contribution in [-0.2, 0) is 4.79 Å². The maximum absolute atomic E-state index is 10.6. The van der Waals surface area contributed by atoms with Crippen molar-refractivity contribution < 1.29 is 33.3 Å². The third-order valence-corrected chi connectivity index (χ3v) is 1.17. The van der Waals surface area contributed by atoms with E-state index in [4.69, 9.17) is 20.1 Å². The van der Waals surface area contributed by atoms with Gasteiger partial charge >= 0.3 is 12.1 Å². The average molecular weight is 239 g/mol. The van der Waals surface area contributed by atoms with E-state index in [1.165, 1.54) is 12.3 Å². The number of rotatable bonds is 0. The summed E-state index contributed by atoms with van der Waals surface area (Å²) < 4.78 is 31.7. The van der Waals surface area contributed by atoms with E-state index >= 15 is 0 Å². The van der Waals surface area contributed by atoms with Crippen molar-refractivity contribution >= 4 is 5.97 Å². The molecule has 90 valence electrons. The lowest BCUT2D eigenvalue weighted by molar-refractivity contribution is -0.192. The molecule has 0 aliphatic carbocycles. The Hall–Kier alpha value is -2.12. The Kier molecular flexibility index (Phi) is 4.93. The van der Waals surface area contributed by atoms with E-state index in [1.807, 2.05) is 0 Å². The number of carbonyl (C=O) groups is 1. The molecule has 0 aromatic rings. The number of allylic oxidation sites excluding steroid dienone is 3. The maximum atomic E-state index is 10.6. The van der Waals surface area contributed by atoms with Crippen LogP contribution in [0.4, 0.5) is 13.2 Å². The molecule has 1 rings (SSSR count). The third kappa shape index (κ3) is 5.58. The molecule has 1 heterocycles. The molecule has 0 radical (unpaired) electrons. The summed E-state index contributed by atoms with van der Waals surface area (Å²) >= 11 is 0. The van der Waals surface area contributed by atoms with Crippen LogP contribution in [0.25, 0.3) is 0 Å². The van der Waals surface area contributed by atoms with E-state index in [2.05, 4.69) is 5.32 Å². The summed E-state index contributed by atoms with van der Waals surface area (Å²) in [7, 11) is 0. The smallest absolute Gasteiger partial charge is 0.490 e. The van der Waals surface area contributed by atoms with Gasteiger partial charge in [-0.3, -0.25) is 0 Å². The zero-order valence-corrected chi connectivity index (χ0v) is 7.69. The molecule has 0 atom stereocenters. The first-order valence-corrected chi connectivity index (χ1v) is 3.77. The second kappa shape index (κ2) is 5.69. The molecule has 0 aromatic heterocycles. The molecule has 0 saturated heterocycles. The molecule has 8 heteroatoms. The number of halogens is 3. The van der Waals surface area contributed by atoms with Crippen LogP contribution >= 0.6 is 0 Å². The van der Waals surface area contributed by atoms with E-state index in [9.17, 15) is 13.2 Å². The second-order valence-electron chi connectivity index (χ2n) is 2.40. The summed E-state index contributed by atoms with van der Waals surface area (Å²) in [6.07, 6.45) is 1.12. The van der Waals surface area contributed by atoms with Gasteiger partial charge in [-0.1, -0.05) is 6.08 Å². The quantitative estimate of drug-likeness (QED) is 0.515. The van der Waals surface area contributed by atoms with Crippen molar-refractivity contribution in [1.82, 2.24) is 5.32 Å². The lowest BCUT2D eigenvalue weighted by atomic mass is 10.4. The normalized spacial score (nSPS) is 14.7. The van der Waals surface area contributed by atoms with Crippen LogP contribution in [0.1, 0.15) is 0 Å². The average Bonchev–Trinajstić information content (AvgIpc) is 2.32. The first kappa shape index (κ1) is 13.9. The number of carboxylic acid groups (broad SMARTS) is 1. The van der Waals surface area contributed by atoms with Crippen molar-refractivity contribution in [2.24, 2.45) is 0 Å². The predicted octanol–water partition coefficient (Wildman–Crippen LogP) is 1.58. The minimum Gasteiger partial charge on any atom is -0.503 e. The number of aliphatic hydroxyl groups is 2. The third-order valence-electron chi connectivity index (χ3n) is 1.17. The molecule has 16 heavy (non-hydrogen) atoms. The SMILES string of the molecule is O=C(O)C(F)(F)F.OC1=C(O)NC=CC=C1. The highest BCUT2D eigenvalue weighted by atomic mass is 19.4. The van der Waals surface area contributed by atoms with Gasteiger partial charge in [-0.2, -0.15) is 13.2 Å². The van der Waals surface area contributed by atoms with Gasteiger partial charge in [-0.15, -0.1) is 0 Å². The number of aliphatic carboxylic acids is 1. The summed E-state index contributed by atoms with van der Waals surface area (Å²) in [6.45, 7) is 0. The van der Waals surface area contributed by atoms with Crippen LogP contribution in [0.3, 0.4) is 0 Å². The number of carboxylic acids is 1. The van der Waals surface area contributed by atoms with Crippen LogP contribution < -0.4 is 5.32 Å². The number of hydrogen-bond donors (Lipinski definition) is 4. The molecule has 0 saturated carbocycles. The van der Waals surface area contributed by atoms with E-state index in [0.717, 1.165) is 0 Å². The fourth-order valence-electron chi connectivity index (χ4n) is 0.482. The lowest BCUT2D eigenvalue weighted by Crippen LogP contribution is -2.21. The molecule has 0 fully saturated rings. The molecule has 0 bridgehead atoms. The largest absolute Gasteiger partial charge is 0.503 e. The van der Waals surface area contributed by atoms with Gasteiger partial charge in [0.15, 0.2) is 5.76 Å². The van der Waals surface area contributed by atoms with Gasteiger partial charge in [0.25, 0.3) is 0 Å². The van der Waals surface area contributed by atoms with Gasteiger partial charge in [0.05, 0.1) is 0 Å². The fourth-order valence-corrected chi connectivity index (χ4v) is 0.482. The molecule has 1 aliphatic rings. The van der Waals surface area contributed by atoms with Crippen LogP contribution in [0.15, 0.2) is 36.1 Å². The van der Waals surface area contributed by atoms with E-state index in [-0.39, 0.29) is 11.6 Å². The first-order chi connectivity index (χ1) is 7.25. The predicted molar refractivity (Wildman–Crippen MR) is 47.4 cm³/mol. The molecular formula is C8H8F3NO4. The van der Waals surface area contributed by atoms with Crippen LogP contribution in [-0.4, -0.2) is 27.5 Å². The molecule has 4 N–H and O–H groups in total. The van der Waals surface area contributed by atoms with E-state index in [1.54, 1.807) is 12.2 Å². The van der Waals surface area contributed by atoms with Crippen molar-refractivity contribution in [2.75, 3.05) is 0 Å². The van der Waals surface area contributed by atoms with Gasteiger partial charge in [-0.05, 0) is 12.2 Å². The highest BCUT2D eigenvalue weighted by molar-refractivity contribution is 5.73. The molecule has 0 amide bonds. The van der Waals surface area contributed by atoms with Crippen molar-refractivity contribution in [2.45, 2.75) is 6.18 Å². The summed E-state index contributed by atoms with van der Waals surface area (Å²) in [5.74, 6) is -3.13. The Labute approximate surface area is 87.8 Å². The minimum atomic E-state index is -5.08. The van der Waals surface area contributed by atoms with Crippen LogP contribution in [0.2, 0.25) is 0 Å². The highest BCUT2D eigenvalue weighted by Crippen LogP contribution is 2.13. The van der Waals surface area contributed by atoms with Gasteiger partial charge in [0.1, 0.15) is 0 Å². The Bertz CT molecular complexity index is 344. The summed E-state index contributed by atoms with van der Waals surface area (Å²) in [6, 6.07) is 0. The first-order valence-electron chi connectivity index (χ1n) is 3.77. The summed E-state index contributed by atoms with van der Waals surface area (Å²) in [5, 5.41) is 27.1. The van der Waals surface area contributed by atoms with Gasteiger partial charge < -0.3 is 20.6 Å². The second-order valence-corrected chi connectivity index (χ2v) is 2.40. The lowest BCUT2D eigenvalue weighted by Gasteiger charge is -1.96. The number of hydrogen-bond acceptors (Lipinski definition) is 4. The molecule has 0 aromatic carbocycles. The molecule has 1 aliphatic heterocycles. The Morgan fingerprint density at radius 3 is 2.19 bits per heavy atom. The maximum Gasteiger partial charge on any atom is 0.490 e. The Morgan fingerprint density at radius 2 is 1.75 bits per heavy atom. The van der Waals surface area contributed by atoms with Crippen molar-refractivity contribution in [1.29, 1.82) is 0 Å². The van der Waals surface area contributed by atoms with Crippen LogP contribution in [0.5, 0.6) is 0 Å². The van der Waals surface area contributed by atoms with Gasteiger partial charge in [0.2, 0.25) is 5.88 Å². The Balaban J connectivity index is 0.000000293. The molecule has 0 unspecified atom stereocenters. The van der Waals surface area contributed by atoms with E-state index in [0.29, 0.717) is 0 Å². The van der Waals surface area contributed by atoms with Crippen molar-refractivity contribution in [3.8, 4) is 0 Å². The number of alkyl halides is 3. The van der Waals surface area contributed by atoms with Gasteiger partial charge in [-0.25, -0.2) is 4.79 Å². The summed E-state index contributed by atoms with van der Waals surface area (Å²) in [5.41, 5.74) is 0. The van der Waals surface area contributed by atoms with Crippen molar-refractivity contribution in [3.63, 3.8) is 0 Å². The standard InChI is InChI=1S/C6H7NO2.C2HF3O2/c8-5-3-1-2-4-7-6(5)9;3-2(4,5)1(6)7/h1-4,7-9H;(H,6,7). The van der Waals surface area contributed by atoms with E-state index < -0.39 is 12.1 Å². The zero-order chi connectivity index (χ0) is 12.8. The Morgan fingerprint density at radius 1 is 1.25 bits per heavy atom. The number of nitrogens with one attached hydrogen (secondary N) is 1. The topological polar surface area (TPSA) is 89.8 Å². The van der Waals surface area contributed by atoms with Crippen LogP contribution in [0, 0.1) is 0 Å². The summed E-state index contributed by atoms with van der Waals surface area (Å²) in [4.78, 5) is 8.90.